The molecule has 0 saturated heterocycles. The van der Waals surface area contributed by atoms with Crippen molar-refractivity contribution in [3.05, 3.63) is 202 Å². The molecule has 0 aliphatic carbocycles. The highest BCUT2D eigenvalue weighted by molar-refractivity contribution is 7.97. The number of hydrogen-bond acceptors (Lipinski definition) is 1. The Morgan fingerprint density at radius 3 is 0.641 bits per heavy atom. The summed E-state index contributed by atoms with van der Waals surface area (Å²) < 4.78 is 346. The monoisotopic (exact) mass is 1160 g/mol. The van der Waals surface area contributed by atoms with Crippen LogP contribution in [0.2, 0.25) is 0 Å². The summed E-state index contributed by atoms with van der Waals surface area (Å²) in [6.07, 6.45) is -54.8. The van der Waals surface area contributed by atoms with E-state index in [4.69, 9.17) is 4.74 Å². The molecule has 0 spiro atoms. The van der Waals surface area contributed by atoms with Gasteiger partial charge in [0.2, 0.25) is 0 Å². The lowest BCUT2D eigenvalue weighted by molar-refractivity contribution is -0.144. The van der Waals surface area contributed by atoms with Gasteiger partial charge in [0.05, 0.1) is 62.5 Å². The lowest BCUT2D eigenvalue weighted by atomic mass is 9.12. The van der Waals surface area contributed by atoms with Crippen LogP contribution in [0.4, 0.5) is 105 Å². The molecule has 7 rings (SSSR count). The summed E-state index contributed by atoms with van der Waals surface area (Å²) in [6.45, 7) is 0. The second-order valence-corrected chi connectivity index (χ2v) is 18.9. The summed E-state index contributed by atoms with van der Waals surface area (Å²) in [4.78, 5) is 3.95. The van der Waals surface area contributed by atoms with E-state index < -0.39 is 195 Å². The number of ether oxygens (including phenoxy) is 1. The molecule has 0 heterocycles. The maximum atomic E-state index is 14.2. The van der Waals surface area contributed by atoms with Crippen molar-refractivity contribution in [3.63, 3.8) is 0 Å². The molecule has 78 heavy (non-hydrogen) atoms. The van der Waals surface area contributed by atoms with Gasteiger partial charge in [-0.1, -0.05) is 84.9 Å². The first kappa shape index (κ1) is 60.3. The van der Waals surface area contributed by atoms with Crippen molar-refractivity contribution < 1.29 is 110 Å². The molecule has 0 amide bonds. The maximum absolute atomic E-state index is 14.2. The Balaban J connectivity index is 0.000000387. The van der Waals surface area contributed by atoms with Gasteiger partial charge >= 0.3 is 49.4 Å². The van der Waals surface area contributed by atoms with Crippen molar-refractivity contribution >= 4 is 38.9 Å². The quantitative estimate of drug-likeness (QED) is 0.0837. The van der Waals surface area contributed by atoms with Crippen molar-refractivity contribution in [2.75, 3.05) is 7.11 Å². The molecule has 0 aliphatic rings. The van der Waals surface area contributed by atoms with Gasteiger partial charge < -0.3 is 4.74 Å². The second kappa shape index (κ2) is 21.4. The zero-order chi connectivity index (χ0) is 58.4. The zero-order valence-electron chi connectivity index (χ0n) is 38.5. The molecule has 27 heteroatoms. The second-order valence-electron chi connectivity index (χ2n) is 16.8. The van der Waals surface area contributed by atoms with Crippen molar-refractivity contribution in [1.82, 2.24) is 0 Å². The summed E-state index contributed by atoms with van der Waals surface area (Å²) in [5.41, 5.74) is -30.2. The van der Waals surface area contributed by atoms with Crippen molar-refractivity contribution in [2.45, 2.75) is 64.1 Å². The molecular formula is C51H29BF24OS. The summed E-state index contributed by atoms with van der Waals surface area (Å²) >= 11 is 0. The van der Waals surface area contributed by atoms with Crippen molar-refractivity contribution in [3.8, 4) is 5.75 Å². The Kier molecular flexibility index (Phi) is 16.5. The van der Waals surface area contributed by atoms with Gasteiger partial charge in [-0.05, 0) is 72.8 Å². The largest absolute Gasteiger partial charge is 0.497 e. The van der Waals surface area contributed by atoms with Gasteiger partial charge in [-0.3, -0.25) is 0 Å². The van der Waals surface area contributed by atoms with E-state index in [1.54, 1.807) is 7.11 Å². The fraction of sp³-hybridized carbons (Fsp3) is 0.176. The topological polar surface area (TPSA) is 9.23 Å². The van der Waals surface area contributed by atoms with E-state index in [0.717, 1.165) is 5.75 Å². The van der Waals surface area contributed by atoms with Gasteiger partial charge in [-0.25, -0.2) is 0 Å². The van der Waals surface area contributed by atoms with Gasteiger partial charge in [0, 0.05) is 0 Å². The Labute approximate surface area is 427 Å². The number of alkyl halides is 24. The predicted molar refractivity (Wildman–Crippen MR) is 238 cm³/mol. The molecule has 0 saturated carbocycles. The maximum Gasteiger partial charge on any atom is 0.416 e. The van der Waals surface area contributed by atoms with E-state index in [1.807, 2.05) is 12.1 Å². The first-order valence-corrected chi connectivity index (χ1v) is 22.7. The molecule has 0 aromatic heterocycles. The van der Waals surface area contributed by atoms with Crippen LogP contribution in [0.1, 0.15) is 44.5 Å². The fourth-order valence-electron chi connectivity index (χ4n) is 8.30. The van der Waals surface area contributed by atoms with Crippen LogP contribution in [0, 0.1) is 0 Å². The van der Waals surface area contributed by atoms with Crippen LogP contribution >= 0.6 is 0 Å². The van der Waals surface area contributed by atoms with E-state index in [1.165, 1.54) is 14.7 Å². The third-order valence-corrected chi connectivity index (χ3v) is 13.9. The molecule has 416 valence electrons. The number of halogens is 24. The highest BCUT2D eigenvalue weighted by Crippen LogP contribution is 2.42. The Hall–Kier alpha value is -6.93. The number of rotatable bonds is 8. The highest BCUT2D eigenvalue weighted by Gasteiger charge is 2.47. The minimum atomic E-state index is -6.13. The van der Waals surface area contributed by atoms with Crippen LogP contribution in [-0.4, -0.2) is 13.3 Å². The normalized spacial score (nSPS) is 13.3. The van der Waals surface area contributed by atoms with E-state index in [0.29, 0.717) is 0 Å². The molecule has 0 N–H and O–H groups in total. The molecule has 0 radical (unpaired) electrons. The predicted octanol–water partition coefficient (Wildman–Crippen LogP) is 16.0. The molecule has 7 aromatic rings. The highest BCUT2D eigenvalue weighted by atomic mass is 32.2. The Bertz CT molecular complexity index is 2730. The number of benzene rings is 7. The van der Waals surface area contributed by atoms with E-state index in [9.17, 15) is 105 Å². The van der Waals surface area contributed by atoms with E-state index in [-0.39, 0.29) is 10.9 Å². The van der Waals surface area contributed by atoms with Gasteiger partial charge in [0.1, 0.15) is 11.9 Å². The van der Waals surface area contributed by atoms with Crippen molar-refractivity contribution in [1.29, 1.82) is 0 Å². The molecular weight excluding hydrogens is 1130 g/mol. The van der Waals surface area contributed by atoms with Crippen LogP contribution < -0.4 is 26.6 Å². The molecule has 0 aliphatic heterocycles. The van der Waals surface area contributed by atoms with Gasteiger partial charge in [0.25, 0.3) is 0 Å². The molecule has 1 nitrogen and oxygen atoms in total. The molecule has 0 atom stereocenters. The van der Waals surface area contributed by atoms with Crippen LogP contribution in [0.15, 0.2) is 172 Å². The summed E-state index contributed by atoms with van der Waals surface area (Å²) in [6, 6.07) is 20.9. The Morgan fingerprint density at radius 2 is 0.462 bits per heavy atom. The average Bonchev–Trinajstić information content (AvgIpc) is 3.36. The molecule has 0 bridgehead atoms. The van der Waals surface area contributed by atoms with Crippen LogP contribution in [0.5, 0.6) is 5.75 Å². The third-order valence-electron chi connectivity index (χ3n) is 11.7. The van der Waals surface area contributed by atoms with Crippen molar-refractivity contribution in [2.24, 2.45) is 0 Å². The smallest absolute Gasteiger partial charge is 0.416 e. The van der Waals surface area contributed by atoms with Crippen LogP contribution in [0.25, 0.3) is 0 Å². The van der Waals surface area contributed by atoms with Gasteiger partial charge in [0.15, 0.2) is 14.7 Å². The minimum absolute atomic E-state index is 0.0804. The molecule has 7 aromatic carbocycles. The first-order valence-electron chi connectivity index (χ1n) is 21.5. The van der Waals surface area contributed by atoms with Gasteiger partial charge in [-0.15, -0.1) is 0 Å². The van der Waals surface area contributed by atoms with Gasteiger partial charge in [-0.2, -0.15) is 127 Å². The van der Waals surface area contributed by atoms with Crippen LogP contribution in [-0.2, 0) is 60.3 Å². The fourth-order valence-corrected chi connectivity index (χ4v) is 10.4. The molecule has 0 fully saturated rings. The standard InChI is InChI=1S/C32H12BF24.C19H17OS/c34-25(35,36)13-1-14(26(37,38)39)6-21(5-13)33(22-7-15(27(40,41)42)2-16(8-22)28(43,44)45,23-9-17(29(46,47)48)3-18(10-23)30(49,50)51)24-11-19(31(52,53)54)4-20(12-24)32(55,56)57;1-20-16-12-14-19(15-13-16)21(17-8-4-2-5-9-17)18-10-6-3-7-11-18/h1-12H;2-15H,1H3/q-1;+1. The number of hydrogen-bond donors (Lipinski definition) is 0. The first-order chi connectivity index (χ1) is 35.6. The summed E-state index contributed by atoms with van der Waals surface area (Å²) in [7, 11) is 1.62. The average molecular weight is 1160 g/mol. The third kappa shape index (κ3) is 13.7. The molecule has 0 unspecified atom stereocenters. The lowest BCUT2D eigenvalue weighted by Crippen LogP contribution is -2.75. The summed E-state index contributed by atoms with van der Waals surface area (Å²) in [5, 5.41) is 0. The SMILES string of the molecule is COc1ccc([S+](c2ccccc2)c2ccccc2)cc1.FC(F)(F)c1cc([B-](c2cc(C(F)(F)F)cc(C(F)(F)F)c2)(c2cc(C(F)(F)F)cc(C(F)(F)F)c2)c2cc(C(F)(F)F)cc(C(F)(F)F)c2)cc(C(F)(F)F)c1. The van der Waals surface area contributed by atoms with Crippen LogP contribution in [0.3, 0.4) is 0 Å². The lowest BCUT2D eigenvalue weighted by Gasteiger charge is -2.46. The minimum Gasteiger partial charge on any atom is -0.497 e. The van der Waals surface area contributed by atoms with E-state index >= 15 is 0 Å². The number of methoxy groups -OCH3 is 1. The Morgan fingerprint density at radius 1 is 0.269 bits per heavy atom. The summed E-state index contributed by atoms with van der Waals surface area (Å²) in [5.74, 6) is 0.892. The van der Waals surface area contributed by atoms with E-state index in [2.05, 4.69) is 72.8 Å². The zero-order valence-corrected chi connectivity index (χ0v) is 39.3.